The van der Waals surface area contributed by atoms with E-state index in [1.165, 1.54) is 9.77 Å². The molecule has 2 heterocycles. The lowest BCUT2D eigenvalue weighted by atomic mass is 10.7. The normalized spacial score (nSPS) is 11.9. The third-order valence-corrected chi connectivity index (χ3v) is 10.9. The minimum atomic E-state index is -3.76. The number of hydrogen-bond acceptors (Lipinski definition) is 8. The molecule has 0 atom stereocenters. The molecule has 0 aliphatic rings. The van der Waals surface area contributed by atoms with Crippen molar-refractivity contribution < 1.29 is 27.3 Å². The molecule has 0 spiro atoms. The Morgan fingerprint density at radius 1 is 0.750 bits per heavy atom. The second kappa shape index (κ2) is 9.32. The summed E-state index contributed by atoms with van der Waals surface area (Å²) in [5, 5.41) is 16.6. The van der Waals surface area contributed by atoms with Gasteiger partial charge in [0, 0.05) is 8.95 Å². The van der Waals surface area contributed by atoms with Crippen LogP contribution in [0.3, 0.4) is 0 Å². The van der Waals surface area contributed by atoms with Crippen molar-refractivity contribution in [2.24, 2.45) is 0 Å². The van der Waals surface area contributed by atoms with E-state index in [9.17, 15) is 16.8 Å². The second-order valence-corrected chi connectivity index (χ2v) is 13.8. The molecule has 2 aromatic heterocycles. The van der Waals surface area contributed by atoms with E-state index in [4.69, 9.17) is 10.4 Å². The van der Waals surface area contributed by atoms with E-state index < -0.39 is 20.0 Å². The Labute approximate surface area is 178 Å². The van der Waals surface area contributed by atoms with E-state index in [1.807, 2.05) is 0 Å². The summed E-state index contributed by atoms with van der Waals surface area (Å²) in [5.74, 6) is 0. The van der Waals surface area contributed by atoms with Crippen molar-refractivity contribution in [3.8, 4) is 0 Å². The molecule has 0 aliphatic heterocycles. The molecule has 0 fully saturated rings. The van der Waals surface area contributed by atoms with Crippen LogP contribution in [-0.2, 0) is 20.0 Å². The van der Waals surface area contributed by atoms with Crippen LogP contribution in [0, 0.1) is 0 Å². The molecule has 0 amide bonds. The van der Waals surface area contributed by atoms with E-state index >= 15 is 0 Å². The van der Waals surface area contributed by atoms with Crippen molar-refractivity contribution in [3.63, 3.8) is 0 Å². The summed E-state index contributed by atoms with van der Waals surface area (Å²) in [6, 6.07) is 3.18. The average Bonchev–Trinajstić information content (AvgIpc) is 3.01. The van der Waals surface area contributed by atoms with E-state index in [0.717, 1.165) is 22.7 Å². The Balaban J connectivity index is 0.000000240. The van der Waals surface area contributed by atoms with Crippen molar-refractivity contribution in [1.82, 2.24) is 9.77 Å². The van der Waals surface area contributed by atoms with Crippen molar-refractivity contribution in [2.75, 3.05) is 0 Å². The van der Waals surface area contributed by atoms with Crippen LogP contribution in [-0.4, -0.2) is 27.3 Å². The van der Waals surface area contributed by atoms with E-state index in [2.05, 4.69) is 63.7 Å². The van der Waals surface area contributed by atoms with Crippen molar-refractivity contribution in [2.45, 2.75) is 8.42 Å². The highest BCUT2D eigenvalue weighted by molar-refractivity contribution is 9.12. The Bertz CT molecular complexity index is 846. The number of thiophene rings is 2. The van der Waals surface area contributed by atoms with Crippen molar-refractivity contribution in [3.05, 3.63) is 28.7 Å². The monoisotopic (exact) mass is 670 g/mol. The Kier molecular flexibility index (Phi) is 8.97. The zero-order valence-electron chi connectivity index (χ0n) is 10.8. The topological polar surface area (TPSA) is 133 Å². The summed E-state index contributed by atoms with van der Waals surface area (Å²) < 4.78 is 46.4. The largest absolute Gasteiger partial charge is 0.302 e. The van der Waals surface area contributed by atoms with Gasteiger partial charge >= 0.3 is 0 Å². The molecule has 24 heavy (non-hydrogen) atoms. The molecule has 0 unspecified atom stereocenters. The molecule has 0 saturated heterocycles. The first-order valence-electron chi connectivity index (χ1n) is 5.16. The number of nitrogens with one attached hydrogen (secondary N) is 2. The van der Waals surface area contributed by atoms with E-state index in [1.54, 1.807) is 12.1 Å². The standard InChI is InChI=1S/2C4H3Br2NO3S2/c2*5-2-1-3(6)11-4(2)12(9,10)7-8/h2*1,7-8H. The van der Waals surface area contributed by atoms with Gasteiger partial charge in [-0.15, -0.1) is 22.7 Å². The van der Waals surface area contributed by atoms with Crippen LogP contribution < -0.4 is 9.77 Å². The third-order valence-electron chi connectivity index (χ3n) is 1.98. The summed E-state index contributed by atoms with van der Waals surface area (Å²) in [5.41, 5.74) is 0. The van der Waals surface area contributed by atoms with Crippen LogP contribution >= 0.6 is 86.4 Å². The van der Waals surface area contributed by atoms with E-state index in [0.29, 0.717) is 16.5 Å². The quantitative estimate of drug-likeness (QED) is 0.365. The van der Waals surface area contributed by atoms with Gasteiger partial charge in [-0.25, -0.2) is 16.8 Å². The number of sulfonamides is 2. The zero-order valence-corrected chi connectivity index (χ0v) is 20.4. The molecule has 0 aliphatic carbocycles. The summed E-state index contributed by atoms with van der Waals surface area (Å²) in [6.07, 6.45) is 0. The van der Waals surface area contributed by atoms with Crippen LogP contribution in [0.5, 0.6) is 0 Å². The van der Waals surface area contributed by atoms with Gasteiger partial charge in [-0.1, -0.05) is 9.77 Å². The zero-order chi connectivity index (χ0) is 18.7. The summed E-state index contributed by atoms with van der Waals surface area (Å²) in [6.45, 7) is 0. The summed E-state index contributed by atoms with van der Waals surface area (Å²) >= 11 is 14.3. The van der Waals surface area contributed by atoms with Crippen molar-refractivity contribution >= 4 is 106 Å². The first-order valence-corrected chi connectivity index (χ1v) is 12.9. The minimum Gasteiger partial charge on any atom is -0.302 e. The highest BCUT2D eigenvalue weighted by Crippen LogP contribution is 2.35. The second-order valence-electron chi connectivity index (χ2n) is 3.56. The van der Waals surface area contributed by atoms with Crippen LogP contribution in [0.4, 0.5) is 0 Å². The lowest BCUT2D eigenvalue weighted by Crippen LogP contribution is -2.18. The van der Waals surface area contributed by atoms with Crippen LogP contribution in [0.2, 0.25) is 0 Å². The SMILES string of the molecule is O=S(=O)(NO)c1sc(Br)cc1Br.O=S(=O)(NO)c1sc(Br)cc1Br. The maximum atomic E-state index is 11.0. The molecular weight excluding hydrogens is 668 g/mol. The predicted octanol–water partition coefficient (Wildman–Crippen LogP) is 3.88. The highest BCUT2D eigenvalue weighted by Gasteiger charge is 2.20. The van der Waals surface area contributed by atoms with Crippen LogP contribution in [0.15, 0.2) is 37.1 Å². The molecule has 0 bridgehead atoms. The number of rotatable bonds is 4. The molecule has 2 aromatic rings. The van der Waals surface area contributed by atoms with Gasteiger partial charge in [0.25, 0.3) is 20.0 Å². The van der Waals surface area contributed by atoms with Gasteiger partial charge in [-0.3, -0.25) is 0 Å². The minimum absolute atomic E-state index is 0.0388. The fourth-order valence-electron chi connectivity index (χ4n) is 1.10. The maximum Gasteiger partial charge on any atom is 0.272 e. The number of halogens is 4. The maximum absolute atomic E-state index is 11.0. The Morgan fingerprint density at radius 3 is 1.21 bits per heavy atom. The van der Waals surface area contributed by atoms with Crippen LogP contribution in [0.1, 0.15) is 0 Å². The first-order chi connectivity index (χ1) is 10.9. The molecular formula is C8H6Br4N2O6S4. The fourth-order valence-corrected chi connectivity index (χ4v) is 9.77. The first kappa shape index (κ1) is 23.1. The molecule has 8 nitrogen and oxygen atoms in total. The molecule has 4 N–H and O–H groups in total. The molecule has 0 radical (unpaired) electrons. The van der Waals surface area contributed by atoms with Gasteiger partial charge in [0.2, 0.25) is 0 Å². The molecule has 0 aromatic carbocycles. The predicted molar refractivity (Wildman–Crippen MR) is 104 cm³/mol. The van der Waals surface area contributed by atoms with Gasteiger partial charge in [0.1, 0.15) is 0 Å². The fraction of sp³-hybridized carbons (Fsp3) is 0. The molecule has 136 valence electrons. The summed E-state index contributed by atoms with van der Waals surface area (Å²) in [4.78, 5) is 2.49. The lowest BCUT2D eigenvalue weighted by molar-refractivity contribution is 0.243. The van der Waals surface area contributed by atoms with Crippen LogP contribution in [0.25, 0.3) is 0 Å². The Hall–Kier alpha value is 1.06. The molecule has 2 rings (SSSR count). The lowest BCUT2D eigenvalue weighted by Gasteiger charge is -1.96. The molecule has 16 heteroatoms. The number of hydrogen-bond donors (Lipinski definition) is 4. The average molecular weight is 674 g/mol. The van der Waals surface area contributed by atoms with Gasteiger partial charge < -0.3 is 10.4 Å². The van der Waals surface area contributed by atoms with Gasteiger partial charge in [-0.05, 0) is 75.9 Å². The van der Waals surface area contributed by atoms with E-state index in [-0.39, 0.29) is 8.42 Å². The highest BCUT2D eigenvalue weighted by atomic mass is 79.9. The summed E-state index contributed by atoms with van der Waals surface area (Å²) in [7, 11) is -7.52. The third kappa shape index (κ3) is 6.05. The smallest absolute Gasteiger partial charge is 0.272 e. The Morgan fingerprint density at radius 2 is 1.04 bits per heavy atom. The van der Waals surface area contributed by atoms with Crippen molar-refractivity contribution in [1.29, 1.82) is 0 Å². The van der Waals surface area contributed by atoms with Gasteiger partial charge in [0.05, 0.1) is 7.57 Å². The molecule has 0 saturated carbocycles. The van der Waals surface area contributed by atoms with Gasteiger partial charge in [-0.2, -0.15) is 0 Å². The van der Waals surface area contributed by atoms with Gasteiger partial charge in [0.15, 0.2) is 8.42 Å².